The first-order chi connectivity index (χ1) is 12.5. The van der Waals surface area contributed by atoms with Crippen LogP contribution in [0.4, 0.5) is 0 Å². The summed E-state index contributed by atoms with van der Waals surface area (Å²) in [6, 6.07) is 0. The van der Waals surface area contributed by atoms with Gasteiger partial charge in [0, 0.05) is 18.0 Å². The van der Waals surface area contributed by atoms with Gasteiger partial charge in [-0.2, -0.15) is 0 Å². The van der Waals surface area contributed by atoms with Crippen LogP contribution in [0.2, 0.25) is 0 Å². The molecule has 8 heteroatoms. The van der Waals surface area contributed by atoms with E-state index < -0.39 is 0 Å². The van der Waals surface area contributed by atoms with Gasteiger partial charge in [0.25, 0.3) is 0 Å². The van der Waals surface area contributed by atoms with Crippen molar-refractivity contribution in [2.45, 2.75) is 46.6 Å². The summed E-state index contributed by atoms with van der Waals surface area (Å²) in [4.78, 5) is 33.6. The third kappa shape index (κ3) is 2.63. The molecule has 0 unspecified atom stereocenters. The van der Waals surface area contributed by atoms with Crippen molar-refractivity contribution >= 4 is 33.1 Å². The first-order valence-electron chi connectivity index (χ1n) is 9.19. The van der Waals surface area contributed by atoms with E-state index in [1.165, 1.54) is 25.9 Å². The van der Waals surface area contributed by atoms with E-state index >= 15 is 0 Å². The van der Waals surface area contributed by atoms with Crippen LogP contribution in [0, 0.1) is 5.92 Å². The maximum Gasteiger partial charge on any atom is 0.352 e. The molecule has 3 aromatic rings. The number of aromatic nitrogens is 4. The van der Waals surface area contributed by atoms with E-state index in [0.717, 1.165) is 29.5 Å². The summed E-state index contributed by atoms with van der Waals surface area (Å²) in [5.74, 6) is 0.587. The normalized spacial score (nSPS) is 17.0. The predicted octanol–water partition coefficient (Wildman–Crippen LogP) is 2.10. The van der Waals surface area contributed by atoms with Gasteiger partial charge in [0.1, 0.15) is 17.7 Å². The zero-order valence-electron chi connectivity index (χ0n) is 15.4. The van der Waals surface area contributed by atoms with Crippen LogP contribution < -0.4 is 5.69 Å². The lowest BCUT2D eigenvalue weighted by Gasteiger charge is -2.17. The Morgan fingerprint density at radius 2 is 2.15 bits per heavy atom. The first-order valence-corrected chi connectivity index (χ1v) is 10.0. The average Bonchev–Trinajstić information content (AvgIpc) is 3.13. The third-order valence-corrected chi connectivity index (χ3v) is 6.44. The number of rotatable bonds is 4. The van der Waals surface area contributed by atoms with Crippen LogP contribution in [0.15, 0.2) is 11.1 Å². The highest BCUT2D eigenvalue weighted by molar-refractivity contribution is 7.19. The van der Waals surface area contributed by atoms with Crippen molar-refractivity contribution in [1.29, 1.82) is 0 Å². The van der Waals surface area contributed by atoms with Crippen molar-refractivity contribution < 1.29 is 4.79 Å². The Kier molecular flexibility index (Phi) is 4.30. The van der Waals surface area contributed by atoms with E-state index in [0.29, 0.717) is 24.7 Å². The summed E-state index contributed by atoms with van der Waals surface area (Å²) >= 11 is 1.71. The van der Waals surface area contributed by atoms with Crippen molar-refractivity contribution in [2.24, 2.45) is 5.92 Å². The standard InChI is InChI=1S/C18H23N5O2S/c1-4-21(5-2)14(24)9-23-18(25)22-10-19-17-15(16(22)20-23)12-7-6-11(3)8-13(12)26-17/h10-11H,4-9H2,1-3H3/t11-/m0/s1. The highest BCUT2D eigenvalue weighted by Gasteiger charge is 2.24. The number of likely N-dealkylation sites (N-methyl/N-ethyl adjacent to an activating group) is 1. The number of thiophene rings is 1. The molecule has 1 aliphatic rings. The van der Waals surface area contributed by atoms with E-state index in [-0.39, 0.29) is 18.1 Å². The zero-order valence-corrected chi connectivity index (χ0v) is 16.2. The van der Waals surface area contributed by atoms with Crippen LogP contribution in [-0.4, -0.2) is 43.1 Å². The van der Waals surface area contributed by atoms with Gasteiger partial charge in [-0.3, -0.25) is 4.79 Å². The Morgan fingerprint density at radius 3 is 2.88 bits per heavy atom. The van der Waals surface area contributed by atoms with E-state index in [1.807, 2.05) is 13.8 Å². The molecule has 4 rings (SSSR count). The van der Waals surface area contributed by atoms with Crippen molar-refractivity contribution in [3.05, 3.63) is 27.3 Å². The van der Waals surface area contributed by atoms with Gasteiger partial charge >= 0.3 is 5.69 Å². The maximum absolute atomic E-state index is 12.7. The molecular formula is C18H23N5O2S. The SMILES string of the molecule is CCN(CC)C(=O)Cn1nc2c3c4c(sc3ncn2c1=O)C[C@@H](C)CC4. The van der Waals surface area contributed by atoms with Crippen LogP contribution in [0.25, 0.3) is 15.9 Å². The summed E-state index contributed by atoms with van der Waals surface area (Å²) in [7, 11) is 0. The molecule has 26 heavy (non-hydrogen) atoms. The molecule has 0 spiro atoms. The number of hydrogen-bond acceptors (Lipinski definition) is 5. The zero-order chi connectivity index (χ0) is 18.4. The number of carbonyl (C=O) groups is 1. The number of hydrogen-bond donors (Lipinski definition) is 0. The lowest BCUT2D eigenvalue weighted by molar-refractivity contribution is -0.131. The van der Waals surface area contributed by atoms with Crippen molar-refractivity contribution in [3.63, 3.8) is 0 Å². The van der Waals surface area contributed by atoms with Crippen molar-refractivity contribution in [1.82, 2.24) is 24.1 Å². The average molecular weight is 373 g/mol. The smallest absolute Gasteiger partial charge is 0.342 e. The molecule has 0 fully saturated rings. The van der Waals surface area contributed by atoms with E-state index in [4.69, 9.17) is 0 Å². The summed E-state index contributed by atoms with van der Waals surface area (Å²) in [6.07, 6.45) is 4.74. The molecule has 0 N–H and O–H groups in total. The molecule has 7 nitrogen and oxygen atoms in total. The molecule has 0 saturated carbocycles. The minimum Gasteiger partial charge on any atom is -0.342 e. The Balaban J connectivity index is 1.83. The Hall–Kier alpha value is -2.22. The molecule has 0 aliphatic heterocycles. The lowest BCUT2D eigenvalue weighted by Crippen LogP contribution is -2.36. The summed E-state index contributed by atoms with van der Waals surface area (Å²) in [5, 5.41) is 5.51. The van der Waals surface area contributed by atoms with Gasteiger partial charge in [-0.25, -0.2) is 18.9 Å². The quantitative estimate of drug-likeness (QED) is 0.702. The third-order valence-electron chi connectivity index (χ3n) is 5.28. The minimum atomic E-state index is -0.306. The molecule has 0 radical (unpaired) electrons. The Morgan fingerprint density at radius 1 is 1.38 bits per heavy atom. The minimum absolute atomic E-state index is 0.0347. The van der Waals surface area contributed by atoms with E-state index in [2.05, 4.69) is 17.0 Å². The second-order valence-electron chi connectivity index (χ2n) is 6.98. The second-order valence-corrected chi connectivity index (χ2v) is 8.06. The van der Waals surface area contributed by atoms with Crippen LogP contribution in [0.3, 0.4) is 0 Å². The number of aryl methyl sites for hydroxylation is 1. The largest absolute Gasteiger partial charge is 0.352 e. The highest BCUT2D eigenvalue weighted by atomic mass is 32.1. The number of fused-ring (bicyclic) bond motifs is 5. The summed E-state index contributed by atoms with van der Waals surface area (Å²) in [6.45, 7) is 7.35. The topological polar surface area (TPSA) is 72.5 Å². The number of nitrogens with zero attached hydrogens (tertiary/aromatic N) is 5. The van der Waals surface area contributed by atoms with Gasteiger partial charge in [0.2, 0.25) is 5.91 Å². The van der Waals surface area contributed by atoms with Crippen LogP contribution in [0.5, 0.6) is 0 Å². The van der Waals surface area contributed by atoms with Gasteiger partial charge < -0.3 is 4.90 Å². The van der Waals surface area contributed by atoms with E-state index in [9.17, 15) is 9.59 Å². The molecule has 0 aromatic carbocycles. The van der Waals surface area contributed by atoms with Gasteiger partial charge in [-0.05, 0) is 44.6 Å². The lowest BCUT2D eigenvalue weighted by atomic mass is 9.89. The molecule has 3 aromatic heterocycles. The van der Waals surface area contributed by atoms with Gasteiger partial charge in [0.05, 0.1) is 5.39 Å². The monoisotopic (exact) mass is 373 g/mol. The summed E-state index contributed by atoms with van der Waals surface area (Å²) in [5.41, 5.74) is 1.60. The van der Waals surface area contributed by atoms with Crippen LogP contribution >= 0.6 is 11.3 Å². The Bertz CT molecular complexity index is 1040. The first kappa shape index (κ1) is 17.2. The molecule has 138 valence electrons. The molecule has 1 amide bonds. The fraction of sp³-hybridized carbons (Fsp3) is 0.556. The molecule has 0 bridgehead atoms. The Labute approximate surface area is 155 Å². The van der Waals surface area contributed by atoms with Gasteiger partial charge in [-0.15, -0.1) is 16.4 Å². The fourth-order valence-electron chi connectivity index (χ4n) is 3.77. The molecule has 0 saturated heterocycles. The number of carbonyl (C=O) groups excluding carboxylic acids is 1. The van der Waals surface area contributed by atoms with Crippen molar-refractivity contribution in [3.8, 4) is 0 Å². The summed E-state index contributed by atoms with van der Waals surface area (Å²) < 4.78 is 2.75. The second kappa shape index (κ2) is 6.50. The molecular weight excluding hydrogens is 350 g/mol. The van der Waals surface area contributed by atoms with Crippen LogP contribution in [-0.2, 0) is 24.2 Å². The highest BCUT2D eigenvalue weighted by Crippen LogP contribution is 2.38. The maximum atomic E-state index is 12.7. The fourth-order valence-corrected chi connectivity index (χ4v) is 5.12. The van der Waals surface area contributed by atoms with E-state index in [1.54, 1.807) is 16.2 Å². The molecule has 1 atom stereocenters. The van der Waals surface area contributed by atoms with Gasteiger partial charge in [0.15, 0.2) is 5.65 Å². The van der Waals surface area contributed by atoms with Crippen LogP contribution in [0.1, 0.15) is 37.6 Å². The van der Waals surface area contributed by atoms with Crippen molar-refractivity contribution in [2.75, 3.05) is 13.1 Å². The number of amides is 1. The molecule has 1 aliphatic carbocycles. The molecule has 3 heterocycles. The predicted molar refractivity (Wildman–Crippen MR) is 102 cm³/mol. The van der Waals surface area contributed by atoms with Gasteiger partial charge in [-0.1, -0.05) is 6.92 Å².